The smallest absolute Gasteiger partial charge is 0.342 e. The number of nitrogens with zero attached hydrogens (tertiary/aromatic N) is 1. The molecule has 6 nitrogen and oxygen atoms in total. The number of carbonyl (C=O) groups excluding carboxylic acids is 2. The minimum Gasteiger partial charge on any atom is -0.462 e. The van der Waals surface area contributed by atoms with Gasteiger partial charge in [-0.05, 0) is 31.5 Å². The minimum atomic E-state index is -0.706. The van der Waals surface area contributed by atoms with Crippen molar-refractivity contribution in [3.63, 3.8) is 0 Å². The van der Waals surface area contributed by atoms with Gasteiger partial charge in [0.05, 0.1) is 13.2 Å². The Labute approximate surface area is 148 Å². The highest BCUT2D eigenvalue weighted by Crippen LogP contribution is 2.38. The number of rotatable bonds is 6. The first-order valence-electron chi connectivity index (χ1n) is 7.54. The van der Waals surface area contributed by atoms with E-state index in [2.05, 4.69) is 4.99 Å². The standard InChI is InChI=1S/C17H17FN2O4S/c1-3-23-16(21)12-13(17(22)24-4-2)15(25-14(12)19)20-9-10-5-7-11(18)8-6-10/h5-9H,3-4,19H2,1-2H3. The predicted octanol–water partition coefficient (Wildman–Crippen LogP) is 3.57. The maximum absolute atomic E-state index is 13.0. The van der Waals surface area contributed by atoms with Gasteiger partial charge in [0.25, 0.3) is 0 Å². The average molecular weight is 364 g/mol. The van der Waals surface area contributed by atoms with Crippen molar-refractivity contribution in [2.24, 2.45) is 4.99 Å². The summed E-state index contributed by atoms with van der Waals surface area (Å²) in [6.07, 6.45) is 1.45. The zero-order valence-corrected chi connectivity index (χ0v) is 14.6. The Balaban J connectivity index is 2.45. The molecule has 0 aliphatic carbocycles. The Hall–Kier alpha value is -2.74. The van der Waals surface area contributed by atoms with E-state index in [0.29, 0.717) is 5.56 Å². The van der Waals surface area contributed by atoms with Crippen LogP contribution in [0.5, 0.6) is 0 Å². The molecule has 2 aromatic rings. The molecular weight excluding hydrogens is 347 g/mol. The summed E-state index contributed by atoms with van der Waals surface area (Å²) in [5, 5.41) is 0.344. The van der Waals surface area contributed by atoms with Crippen molar-refractivity contribution in [3.05, 3.63) is 46.8 Å². The lowest BCUT2D eigenvalue weighted by molar-refractivity contribution is 0.0481. The average Bonchev–Trinajstić information content (AvgIpc) is 2.91. The number of anilines is 1. The van der Waals surface area contributed by atoms with Crippen LogP contribution >= 0.6 is 11.3 Å². The van der Waals surface area contributed by atoms with Gasteiger partial charge in [-0.15, -0.1) is 0 Å². The number of benzene rings is 1. The number of thiophene rings is 1. The summed E-state index contributed by atoms with van der Waals surface area (Å²) in [6, 6.07) is 5.65. The fourth-order valence-electron chi connectivity index (χ4n) is 2.01. The van der Waals surface area contributed by atoms with E-state index in [4.69, 9.17) is 15.2 Å². The number of esters is 2. The largest absolute Gasteiger partial charge is 0.462 e. The maximum atomic E-state index is 13.0. The van der Waals surface area contributed by atoms with Crippen LogP contribution in [-0.2, 0) is 9.47 Å². The van der Waals surface area contributed by atoms with Crippen LogP contribution in [0.25, 0.3) is 0 Å². The zero-order chi connectivity index (χ0) is 18.4. The van der Waals surface area contributed by atoms with Gasteiger partial charge >= 0.3 is 11.9 Å². The Morgan fingerprint density at radius 1 is 1.12 bits per heavy atom. The zero-order valence-electron chi connectivity index (χ0n) is 13.7. The van der Waals surface area contributed by atoms with Gasteiger partial charge in [0.15, 0.2) is 0 Å². The highest BCUT2D eigenvalue weighted by Gasteiger charge is 2.29. The second-order valence-electron chi connectivity index (χ2n) is 4.77. The first-order valence-corrected chi connectivity index (χ1v) is 8.35. The van der Waals surface area contributed by atoms with E-state index in [9.17, 15) is 14.0 Å². The van der Waals surface area contributed by atoms with E-state index in [1.165, 1.54) is 30.5 Å². The van der Waals surface area contributed by atoms with Crippen LogP contribution in [0, 0.1) is 5.82 Å². The SMILES string of the molecule is CCOC(=O)c1c(N)sc(N=Cc2ccc(F)cc2)c1C(=O)OCC. The number of ether oxygens (including phenoxy) is 2. The van der Waals surface area contributed by atoms with Crippen molar-refractivity contribution in [2.45, 2.75) is 13.8 Å². The van der Waals surface area contributed by atoms with Crippen LogP contribution in [0.4, 0.5) is 14.4 Å². The van der Waals surface area contributed by atoms with Crippen molar-refractivity contribution in [2.75, 3.05) is 18.9 Å². The van der Waals surface area contributed by atoms with Crippen molar-refractivity contribution in [1.29, 1.82) is 0 Å². The van der Waals surface area contributed by atoms with Crippen LogP contribution in [-0.4, -0.2) is 31.4 Å². The van der Waals surface area contributed by atoms with Crippen molar-refractivity contribution in [1.82, 2.24) is 0 Å². The molecule has 0 unspecified atom stereocenters. The summed E-state index contributed by atoms with van der Waals surface area (Å²) >= 11 is 0.976. The van der Waals surface area contributed by atoms with Crippen LogP contribution < -0.4 is 5.73 Å². The van der Waals surface area contributed by atoms with E-state index in [1.54, 1.807) is 13.8 Å². The Morgan fingerprint density at radius 2 is 1.68 bits per heavy atom. The molecule has 0 aliphatic rings. The number of aliphatic imine (C=N–C) groups is 1. The lowest BCUT2D eigenvalue weighted by Gasteiger charge is -2.05. The molecule has 0 amide bonds. The molecule has 1 aromatic carbocycles. The summed E-state index contributed by atoms with van der Waals surface area (Å²) in [5.74, 6) is -1.78. The first kappa shape index (κ1) is 18.6. The van der Waals surface area contributed by atoms with Gasteiger partial charge in [-0.1, -0.05) is 23.5 Å². The van der Waals surface area contributed by atoms with E-state index < -0.39 is 11.9 Å². The monoisotopic (exact) mass is 364 g/mol. The van der Waals surface area contributed by atoms with Gasteiger partial charge in [0.1, 0.15) is 26.9 Å². The summed E-state index contributed by atoms with van der Waals surface area (Å²) < 4.78 is 22.9. The molecule has 2 N–H and O–H groups in total. The van der Waals surface area contributed by atoms with Crippen molar-refractivity contribution in [3.8, 4) is 0 Å². The molecule has 0 saturated carbocycles. The minimum absolute atomic E-state index is 0.0267. The molecule has 0 atom stereocenters. The Bertz CT molecular complexity index is 800. The van der Waals surface area contributed by atoms with E-state index in [0.717, 1.165) is 11.3 Å². The molecule has 1 heterocycles. The third-order valence-corrected chi connectivity index (χ3v) is 4.00. The molecule has 1 aromatic heterocycles. The second-order valence-corrected chi connectivity index (χ2v) is 5.80. The van der Waals surface area contributed by atoms with Gasteiger partial charge in [-0.2, -0.15) is 0 Å². The maximum Gasteiger partial charge on any atom is 0.342 e. The van der Waals surface area contributed by atoms with E-state index in [1.807, 2.05) is 0 Å². The molecule has 0 spiro atoms. The Morgan fingerprint density at radius 3 is 2.24 bits per heavy atom. The van der Waals surface area contributed by atoms with E-state index in [-0.39, 0.29) is 40.2 Å². The number of nitrogen functional groups attached to an aromatic ring is 1. The molecule has 2 rings (SSSR count). The summed E-state index contributed by atoms with van der Waals surface area (Å²) in [5.41, 5.74) is 6.44. The number of hydrogen-bond acceptors (Lipinski definition) is 7. The molecule has 132 valence electrons. The van der Waals surface area contributed by atoms with Crippen molar-refractivity contribution >= 4 is 39.5 Å². The highest BCUT2D eigenvalue weighted by molar-refractivity contribution is 7.20. The van der Waals surface area contributed by atoms with Crippen LogP contribution in [0.3, 0.4) is 0 Å². The molecule has 0 radical (unpaired) electrons. The third kappa shape index (κ3) is 4.42. The molecule has 0 fully saturated rings. The predicted molar refractivity (Wildman–Crippen MR) is 94.3 cm³/mol. The molecule has 25 heavy (non-hydrogen) atoms. The summed E-state index contributed by atoms with van der Waals surface area (Å²) in [6.45, 7) is 3.58. The van der Waals surface area contributed by atoms with Gasteiger partial charge < -0.3 is 15.2 Å². The number of carbonyl (C=O) groups is 2. The fourth-order valence-corrected chi connectivity index (χ4v) is 2.90. The normalized spacial score (nSPS) is 10.8. The highest BCUT2D eigenvalue weighted by atomic mass is 32.1. The van der Waals surface area contributed by atoms with Gasteiger partial charge in [-0.25, -0.2) is 19.0 Å². The molecular formula is C17H17FN2O4S. The van der Waals surface area contributed by atoms with Crippen molar-refractivity contribution < 1.29 is 23.5 Å². The van der Waals surface area contributed by atoms with Crippen LogP contribution in [0.15, 0.2) is 29.3 Å². The molecule has 0 aliphatic heterocycles. The molecule has 8 heteroatoms. The molecule has 0 saturated heterocycles. The Kier molecular flexibility index (Phi) is 6.24. The number of nitrogens with two attached hydrogens (primary N) is 1. The lowest BCUT2D eigenvalue weighted by Crippen LogP contribution is -2.13. The summed E-state index contributed by atoms with van der Waals surface area (Å²) in [7, 11) is 0. The fraction of sp³-hybridized carbons (Fsp3) is 0.235. The number of halogens is 1. The van der Waals surface area contributed by atoms with E-state index >= 15 is 0 Å². The van der Waals surface area contributed by atoms with Crippen LogP contribution in [0.2, 0.25) is 0 Å². The van der Waals surface area contributed by atoms with Crippen LogP contribution in [0.1, 0.15) is 40.1 Å². The third-order valence-electron chi connectivity index (χ3n) is 3.08. The lowest BCUT2D eigenvalue weighted by atomic mass is 10.1. The summed E-state index contributed by atoms with van der Waals surface area (Å²) in [4.78, 5) is 28.6. The van der Waals surface area contributed by atoms with Gasteiger partial charge in [0.2, 0.25) is 0 Å². The van der Waals surface area contributed by atoms with Gasteiger partial charge in [-0.3, -0.25) is 0 Å². The first-order chi connectivity index (χ1) is 12.0. The van der Waals surface area contributed by atoms with Gasteiger partial charge in [0, 0.05) is 6.21 Å². The number of hydrogen-bond donors (Lipinski definition) is 1. The second kappa shape index (κ2) is 8.39. The quantitative estimate of drug-likeness (QED) is 0.625. The topological polar surface area (TPSA) is 91.0 Å². The molecule has 0 bridgehead atoms.